The highest BCUT2D eigenvalue weighted by atomic mass is 16.5. The van der Waals surface area contributed by atoms with Crippen LogP contribution in [0.15, 0.2) is 60.7 Å². The Morgan fingerprint density at radius 3 is 2.32 bits per heavy atom. The molecule has 1 N–H and O–H groups in total. The van der Waals surface area contributed by atoms with E-state index < -0.39 is 0 Å². The van der Waals surface area contributed by atoms with E-state index in [1.165, 1.54) is 4.90 Å². The summed E-state index contributed by atoms with van der Waals surface area (Å²) in [5, 5.41) is 2.92. The molecule has 0 bridgehead atoms. The van der Waals surface area contributed by atoms with Crippen LogP contribution in [0.5, 0.6) is 11.5 Å². The summed E-state index contributed by atoms with van der Waals surface area (Å²) >= 11 is 0. The lowest BCUT2D eigenvalue weighted by molar-refractivity contribution is -0.107. The minimum atomic E-state index is -0.212. The van der Waals surface area contributed by atoms with Crippen molar-refractivity contribution in [2.75, 3.05) is 51.6 Å². The summed E-state index contributed by atoms with van der Waals surface area (Å²) in [7, 11) is 7.26. The Bertz CT molecular complexity index is 1140. The molecule has 3 rings (SSSR count). The van der Waals surface area contributed by atoms with E-state index in [1.807, 2.05) is 56.3 Å². The van der Waals surface area contributed by atoms with E-state index in [1.54, 1.807) is 44.5 Å². The Balaban J connectivity index is 1.72. The molecule has 7 heteroatoms. The topological polar surface area (TPSA) is 71.1 Å². The first-order chi connectivity index (χ1) is 16.3. The van der Waals surface area contributed by atoms with Gasteiger partial charge in [-0.25, -0.2) is 0 Å². The molecule has 7 nitrogen and oxygen atoms in total. The number of carbonyl (C=O) groups excluding carboxylic acids is 2. The molecule has 0 unspecified atom stereocenters. The molecule has 0 aliphatic carbocycles. The van der Waals surface area contributed by atoms with Gasteiger partial charge in [0.1, 0.15) is 6.61 Å². The molecule has 0 saturated heterocycles. The van der Waals surface area contributed by atoms with Crippen molar-refractivity contribution in [2.45, 2.75) is 6.92 Å². The highest BCUT2D eigenvalue weighted by Crippen LogP contribution is 2.31. The first-order valence-electron chi connectivity index (χ1n) is 11.0. The molecular formula is C27H31N3O4. The fraction of sp³-hybridized carbons (Fsp3) is 0.259. The van der Waals surface area contributed by atoms with Crippen LogP contribution in [0.1, 0.15) is 15.9 Å². The summed E-state index contributed by atoms with van der Waals surface area (Å²) in [6.45, 7) is 3.27. The van der Waals surface area contributed by atoms with Gasteiger partial charge in [0.15, 0.2) is 11.5 Å². The van der Waals surface area contributed by atoms with Gasteiger partial charge in [0.05, 0.1) is 7.11 Å². The van der Waals surface area contributed by atoms with E-state index >= 15 is 0 Å². The normalized spacial score (nSPS) is 10.6. The van der Waals surface area contributed by atoms with Gasteiger partial charge in [-0.1, -0.05) is 18.2 Å². The van der Waals surface area contributed by atoms with E-state index in [9.17, 15) is 9.59 Å². The van der Waals surface area contributed by atoms with Crippen molar-refractivity contribution < 1.29 is 19.1 Å². The highest BCUT2D eigenvalue weighted by molar-refractivity contribution is 6.04. The van der Waals surface area contributed by atoms with E-state index in [2.05, 4.69) is 5.32 Å². The predicted molar refractivity (Wildman–Crippen MR) is 136 cm³/mol. The first kappa shape index (κ1) is 24.8. The molecule has 0 atom stereocenters. The van der Waals surface area contributed by atoms with Crippen LogP contribution in [0.3, 0.4) is 0 Å². The molecule has 0 aliphatic heterocycles. The van der Waals surface area contributed by atoms with Crippen LogP contribution >= 0.6 is 0 Å². The number of likely N-dealkylation sites (N-methyl/N-ethyl adjacent to an activating group) is 1. The van der Waals surface area contributed by atoms with Crippen LogP contribution in [0.4, 0.5) is 11.4 Å². The maximum Gasteiger partial charge on any atom is 0.255 e. The fourth-order valence-corrected chi connectivity index (χ4v) is 3.46. The number of amides is 2. The van der Waals surface area contributed by atoms with Crippen molar-refractivity contribution in [1.29, 1.82) is 0 Å². The zero-order chi connectivity index (χ0) is 24.7. The number of hydrogen-bond acceptors (Lipinski definition) is 5. The van der Waals surface area contributed by atoms with Crippen molar-refractivity contribution in [3.05, 3.63) is 71.8 Å². The summed E-state index contributed by atoms with van der Waals surface area (Å²) in [4.78, 5) is 27.4. The minimum absolute atomic E-state index is 0.212. The molecule has 0 fully saturated rings. The summed E-state index contributed by atoms with van der Waals surface area (Å²) in [6, 6.07) is 18.6. The Labute approximate surface area is 200 Å². The summed E-state index contributed by atoms with van der Waals surface area (Å²) < 4.78 is 11.2. The summed E-state index contributed by atoms with van der Waals surface area (Å²) in [6.07, 6.45) is 0.781. The smallest absolute Gasteiger partial charge is 0.255 e. The van der Waals surface area contributed by atoms with Gasteiger partial charge in [0, 0.05) is 36.6 Å². The molecule has 0 aliphatic rings. The van der Waals surface area contributed by atoms with Crippen LogP contribution in [0.25, 0.3) is 11.1 Å². The van der Waals surface area contributed by atoms with Crippen molar-refractivity contribution in [3.63, 3.8) is 0 Å². The Morgan fingerprint density at radius 1 is 0.971 bits per heavy atom. The number of benzene rings is 3. The molecular weight excluding hydrogens is 430 g/mol. The molecule has 0 heterocycles. The third kappa shape index (κ3) is 6.14. The van der Waals surface area contributed by atoms with Gasteiger partial charge in [-0.05, 0) is 74.1 Å². The highest BCUT2D eigenvalue weighted by Gasteiger charge is 2.12. The van der Waals surface area contributed by atoms with Gasteiger partial charge in [-0.2, -0.15) is 0 Å². The van der Waals surface area contributed by atoms with Crippen molar-refractivity contribution in [2.24, 2.45) is 0 Å². The molecule has 178 valence electrons. The van der Waals surface area contributed by atoms with Crippen LogP contribution in [-0.2, 0) is 4.79 Å². The van der Waals surface area contributed by atoms with Crippen molar-refractivity contribution in [1.82, 2.24) is 4.90 Å². The van der Waals surface area contributed by atoms with E-state index in [0.29, 0.717) is 29.4 Å². The third-order valence-electron chi connectivity index (χ3n) is 5.45. The van der Waals surface area contributed by atoms with Crippen LogP contribution in [-0.4, -0.2) is 58.6 Å². The summed E-state index contributed by atoms with van der Waals surface area (Å²) in [5.74, 6) is 0.981. The number of anilines is 2. The lowest BCUT2D eigenvalue weighted by atomic mass is 9.98. The number of rotatable bonds is 10. The van der Waals surface area contributed by atoms with Gasteiger partial charge in [0.25, 0.3) is 5.91 Å². The fourth-order valence-electron chi connectivity index (χ4n) is 3.46. The minimum Gasteiger partial charge on any atom is -0.493 e. The molecule has 0 saturated carbocycles. The Kier molecular flexibility index (Phi) is 8.27. The number of ether oxygens (including phenoxy) is 2. The monoisotopic (exact) mass is 461 g/mol. The van der Waals surface area contributed by atoms with Crippen LogP contribution in [0, 0.1) is 6.92 Å². The zero-order valence-corrected chi connectivity index (χ0v) is 20.3. The molecule has 3 aromatic rings. The number of methoxy groups -OCH3 is 1. The number of nitrogens with one attached hydrogen (secondary N) is 1. The predicted octanol–water partition coefficient (Wildman–Crippen LogP) is 4.46. The SMILES string of the molecule is COc1ccc(NC(=O)c2ccc(-c3ccc(N(C)C=O)cc3C)cc2)cc1OCCN(C)C. The average molecular weight is 462 g/mol. The molecule has 0 radical (unpaired) electrons. The molecule has 0 spiro atoms. The van der Waals surface area contributed by atoms with Crippen molar-refractivity contribution >= 4 is 23.7 Å². The number of hydrogen-bond donors (Lipinski definition) is 1. The van der Waals surface area contributed by atoms with Gasteiger partial charge in [-0.3, -0.25) is 9.59 Å². The summed E-state index contributed by atoms with van der Waals surface area (Å²) in [5.41, 5.74) is 5.09. The van der Waals surface area contributed by atoms with E-state index in [0.717, 1.165) is 35.3 Å². The van der Waals surface area contributed by atoms with Crippen molar-refractivity contribution in [3.8, 4) is 22.6 Å². The molecule has 2 amide bonds. The maximum atomic E-state index is 12.8. The van der Waals surface area contributed by atoms with Crippen LogP contribution < -0.4 is 19.7 Å². The van der Waals surface area contributed by atoms with Gasteiger partial charge < -0.3 is 24.6 Å². The lowest BCUT2D eigenvalue weighted by Crippen LogP contribution is -2.19. The number of carbonyl (C=O) groups is 2. The maximum absolute atomic E-state index is 12.8. The number of nitrogens with zero attached hydrogens (tertiary/aromatic N) is 2. The largest absolute Gasteiger partial charge is 0.493 e. The number of aryl methyl sites for hydroxylation is 1. The van der Waals surface area contributed by atoms with Gasteiger partial charge in [-0.15, -0.1) is 0 Å². The Morgan fingerprint density at radius 2 is 1.71 bits per heavy atom. The second kappa shape index (κ2) is 11.3. The van der Waals surface area contributed by atoms with Gasteiger partial charge >= 0.3 is 0 Å². The molecule has 0 aromatic heterocycles. The lowest BCUT2D eigenvalue weighted by Gasteiger charge is -2.15. The molecule has 34 heavy (non-hydrogen) atoms. The van der Waals surface area contributed by atoms with Gasteiger partial charge in [0.2, 0.25) is 6.41 Å². The third-order valence-corrected chi connectivity index (χ3v) is 5.45. The second-order valence-corrected chi connectivity index (χ2v) is 8.26. The second-order valence-electron chi connectivity index (χ2n) is 8.26. The van der Waals surface area contributed by atoms with E-state index in [-0.39, 0.29) is 5.91 Å². The average Bonchev–Trinajstić information content (AvgIpc) is 2.83. The van der Waals surface area contributed by atoms with E-state index in [4.69, 9.17) is 9.47 Å². The Hall–Kier alpha value is -3.84. The first-order valence-corrected chi connectivity index (χ1v) is 11.0. The molecule has 3 aromatic carbocycles. The van der Waals surface area contributed by atoms with Crippen LogP contribution in [0.2, 0.25) is 0 Å². The standard InChI is InChI=1S/C27H31N3O4/c1-19-16-23(30(4)18-31)11-12-24(19)20-6-8-21(9-7-20)27(32)28-22-10-13-25(33-5)26(17-22)34-15-14-29(2)3/h6-13,16-18H,14-15H2,1-5H3,(H,28,32). The quantitative estimate of drug-likeness (QED) is 0.452. The zero-order valence-electron chi connectivity index (χ0n) is 20.3.